The van der Waals surface area contributed by atoms with E-state index in [0.29, 0.717) is 11.5 Å². The lowest BCUT2D eigenvalue weighted by Gasteiger charge is -2.19. The molecule has 1 fully saturated rings. The Labute approximate surface area is 103 Å². The Bertz CT molecular complexity index is 400. The zero-order valence-corrected chi connectivity index (χ0v) is 10.2. The first kappa shape index (κ1) is 14.0. The van der Waals surface area contributed by atoms with Crippen molar-refractivity contribution < 1.29 is 19.2 Å². The van der Waals surface area contributed by atoms with Crippen LogP contribution in [0, 0.1) is 5.92 Å². The van der Waals surface area contributed by atoms with Gasteiger partial charge in [-0.15, -0.1) is 5.06 Å². The van der Waals surface area contributed by atoms with Crippen molar-refractivity contribution >= 4 is 17.8 Å². The molecule has 1 heterocycles. The molecule has 1 saturated heterocycles. The van der Waals surface area contributed by atoms with Gasteiger partial charge in [-0.05, 0) is 11.4 Å². The van der Waals surface area contributed by atoms with E-state index in [-0.39, 0.29) is 18.8 Å². The summed E-state index contributed by atoms with van der Waals surface area (Å²) in [6.45, 7) is 3.54. The SMILES string of the molecule is CCC(C)[C@H](N=[N+]=[N-])C(=O)ON1C(=O)CCC1=O. The molecule has 1 rings (SSSR count). The molecule has 0 bridgehead atoms. The van der Waals surface area contributed by atoms with Crippen molar-refractivity contribution in [3.8, 4) is 0 Å². The highest BCUT2D eigenvalue weighted by Crippen LogP contribution is 2.17. The number of hydrogen-bond donors (Lipinski definition) is 0. The van der Waals surface area contributed by atoms with Gasteiger partial charge in [-0.1, -0.05) is 25.4 Å². The van der Waals surface area contributed by atoms with Gasteiger partial charge in [-0.25, -0.2) is 4.79 Å². The first-order chi connectivity index (χ1) is 8.51. The van der Waals surface area contributed by atoms with E-state index < -0.39 is 23.8 Å². The highest BCUT2D eigenvalue weighted by Gasteiger charge is 2.35. The Morgan fingerprint density at radius 3 is 2.50 bits per heavy atom. The molecule has 98 valence electrons. The van der Waals surface area contributed by atoms with Crippen molar-refractivity contribution in [2.75, 3.05) is 0 Å². The fraction of sp³-hybridized carbons (Fsp3) is 0.700. The molecular formula is C10H14N4O4. The molecule has 0 aromatic heterocycles. The Kier molecular flexibility index (Phi) is 4.67. The first-order valence-corrected chi connectivity index (χ1v) is 5.63. The van der Waals surface area contributed by atoms with Gasteiger partial charge in [-0.2, -0.15) is 0 Å². The molecule has 1 aliphatic rings. The van der Waals surface area contributed by atoms with Crippen LogP contribution in [0.5, 0.6) is 0 Å². The molecule has 18 heavy (non-hydrogen) atoms. The molecule has 8 nitrogen and oxygen atoms in total. The molecule has 0 saturated carbocycles. The fourth-order valence-corrected chi connectivity index (χ4v) is 1.47. The average Bonchev–Trinajstić information content (AvgIpc) is 2.66. The summed E-state index contributed by atoms with van der Waals surface area (Å²) in [5.74, 6) is -2.23. The standard InChI is InChI=1S/C10H14N4O4/c1-3-6(2)9(12-13-11)10(17)18-14-7(15)4-5-8(14)16/h6,9H,3-5H2,1-2H3/t6?,9-/m0/s1. The monoisotopic (exact) mass is 254 g/mol. The second-order valence-corrected chi connectivity index (χ2v) is 4.03. The van der Waals surface area contributed by atoms with Gasteiger partial charge >= 0.3 is 5.97 Å². The minimum atomic E-state index is -1.04. The van der Waals surface area contributed by atoms with Crippen LogP contribution in [-0.4, -0.2) is 28.9 Å². The first-order valence-electron chi connectivity index (χ1n) is 5.63. The van der Waals surface area contributed by atoms with E-state index in [1.54, 1.807) is 6.92 Å². The summed E-state index contributed by atoms with van der Waals surface area (Å²) in [6.07, 6.45) is 0.657. The number of hydroxylamine groups is 2. The molecule has 8 heteroatoms. The van der Waals surface area contributed by atoms with Crippen LogP contribution in [0.3, 0.4) is 0 Å². The van der Waals surface area contributed by atoms with Crippen LogP contribution in [0.2, 0.25) is 0 Å². The number of hydrogen-bond acceptors (Lipinski definition) is 5. The Balaban J connectivity index is 2.75. The highest BCUT2D eigenvalue weighted by atomic mass is 16.7. The molecule has 2 atom stereocenters. The minimum Gasteiger partial charge on any atom is -0.330 e. The third-order valence-electron chi connectivity index (χ3n) is 2.79. The number of nitrogens with zero attached hydrogens (tertiary/aromatic N) is 4. The van der Waals surface area contributed by atoms with E-state index >= 15 is 0 Å². The summed E-state index contributed by atoms with van der Waals surface area (Å²) in [6, 6.07) is -1.04. The number of azide groups is 1. The maximum atomic E-state index is 11.7. The molecule has 0 N–H and O–H groups in total. The number of imide groups is 1. The number of carbonyl (C=O) groups excluding carboxylic acids is 3. The molecule has 0 radical (unpaired) electrons. The van der Waals surface area contributed by atoms with E-state index in [9.17, 15) is 14.4 Å². The summed E-state index contributed by atoms with van der Waals surface area (Å²) < 4.78 is 0. The Hall–Kier alpha value is -2.08. The van der Waals surface area contributed by atoms with Crippen molar-refractivity contribution in [2.24, 2.45) is 11.0 Å². The van der Waals surface area contributed by atoms with E-state index in [2.05, 4.69) is 10.0 Å². The topological polar surface area (TPSA) is 112 Å². The van der Waals surface area contributed by atoms with Gasteiger partial charge in [0.1, 0.15) is 6.04 Å². The lowest BCUT2D eigenvalue weighted by Crippen LogP contribution is -2.37. The third-order valence-corrected chi connectivity index (χ3v) is 2.79. The van der Waals surface area contributed by atoms with Crippen LogP contribution in [-0.2, 0) is 19.2 Å². The second-order valence-electron chi connectivity index (χ2n) is 4.03. The van der Waals surface area contributed by atoms with Crippen molar-refractivity contribution in [3.05, 3.63) is 10.4 Å². The van der Waals surface area contributed by atoms with Crippen LogP contribution in [0.1, 0.15) is 33.1 Å². The van der Waals surface area contributed by atoms with Gasteiger partial charge in [0.05, 0.1) is 0 Å². The highest BCUT2D eigenvalue weighted by molar-refractivity contribution is 6.01. The van der Waals surface area contributed by atoms with E-state index in [0.717, 1.165) is 0 Å². The lowest BCUT2D eigenvalue weighted by molar-refractivity contribution is -0.199. The van der Waals surface area contributed by atoms with E-state index in [4.69, 9.17) is 10.4 Å². The van der Waals surface area contributed by atoms with Gasteiger partial charge < -0.3 is 4.84 Å². The lowest BCUT2D eigenvalue weighted by atomic mass is 10.0. The van der Waals surface area contributed by atoms with E-state index in [1.807, 2.05) is 6.92 Å². The smallest absolute Gasteiger partial charge is 0.330 e. The molecule has 0 spiro atoms. The Morgan fingerprint density at radius 2 is 2.06 bits per heavy atom. The van der Waals surface area contributed by atoms with Crippen LogP contribution >= 0.6 is 0 Å². The van der Waals surface area contributed by atoms with Gasteiger partial charge in [0.25, 0.3) is 11.8 Å². The molecule has 0 aromatic carbocycles. The second kappa shape index (κ2) is 6.02. The molecule has 0 aromatic rings. The van der Waals surface area contributed by atoms with Crippen LogP contribution < -0.4 is 0 Å². The number of carbonyl (C=O) groups is 3. The molecule has 1 unspecified atom stereocenters. The predicted molar refractivity (Wildman–Crippen MR) is 59.6 cm³/mol. The maximum absolute atomic E-state index is 11.7. The zero-order chi connectivity index (χ0) is 13.7. The fourth-order valence-electron chi connectivity index (χ4n) is 1.47. The molecule has 1 aliphatic heterocycles. The quantitative estimate of drug-likeness (QED) is 0.318. The Morgan fingerprint density at radius 1 is 1.50 bits per heavy atom. The number of amides is 2. The van der Waals surface area contributed by atoms with Crippen LogP contribution in [0.4, 0.5) is 0 Å². The van der Waals surface area contributed by atoms with Crippen LogP contribution in [0.25, 0.3) is 10.4 Å². The molecule has 0 aliphatic carbocycles. The normalized spacial score (nSPS) is 18.2. The summed E-state index contributed by atoms with van der Waals surface area (Å²) in [4.78, 5) is 41.6. The third kappa shape index (κ3) is 2.98. The van der Waals surface area contributed by atoms with Crippen molar-refractivity contribution in [2.45, 2.75) is 39.2 Å². The van der Waals surface area contributed by atoms with E-state index in [1.165, 1.54) is 0 Å². The predicted octanol–water partition coefficient (Wildman–Crippen LogP) is 1.32. The molecular weight excluding hydrogens is 240 g/mol. The summed E-state index contributed by atoms with van der Waals surface area (Å²) in [5.41, 5.74) is 8.40. The summed E-state index contributed by atoms with van der Waals surface area (Å²) in [5, 5.41) is 3.79. The molecule has 2 amide bonds. The largest absolute Gasteiger partial charge is 0.342 e. The van der Waals surface area contributed by atoms with Crippen molar-refractivity contribution in [1.82, 2.24) is 5.06 Å². The zero-order valence-electron chi connectivity index (χ0n) is 10.2. The van der Waals surface area contributed by atoms with Gasteiger partial charge in [0.15, 0.2) is 0 Å². The van der Waals surface area contributed by atoms with Gasteiger partial charge in [-0.3, -0.25) is 9.59 Å². The number of rotatable bonds is 5. The summed E-state index contributed by atoms with van der Waals surface area (Å²) in [7, 11) is 0. The van der Waals surface area contributed by atoms with Gasteiger partial charge in [0.2, 0.25) is 0 Å². The van der Waals surface area contributed by atoms with Crippen LogP contribution in [0.15, 0.2) is 5.11 Å². The average molecular weight is 254 g/mol. The maximum Gasteiger partial charge on any atom is 0.342 e. The van der Waals surface area contributed by atoms with Crippen molar-refractivity contribution in [3.63, 3.8) is 0 Å². The van der Waals surface area contributed by atoms with Crippen molar-refractivity contribution in [1.29, 1.82) is 0 Å². The minimum absolute atomic E-state index is 0.0294. The van der Waals surface area contributed by atoms with Gasteiger partial charge in [0, 0.05) is 17.8 Å². The summed E-state index contributed by atoms with van der Waals surface area (Å²) >= 11 is 0.